The quantitative estimate of drug-likeness (QED) is 0.753. The fourth-order valence-corrected chi connectivity index (χ4v) is 2.99. The Morgan fingerprint density at radius 1 is 1.24 bits per heavy atom. The van der Waals surface area contributed by atoms with Gasteiger partial charge in [0.05, 0.1) is 6.04 Å². The van der Waals surface area contributed by atoms with E-state index in [0.29, 0.717) is 6.42 Å². The van der Waals surface area contributed by atoms with E-state index in [4.69, 9.17) is 5.73 Å². The fraction of sp³-hybridized carbons (Fsp3) is 0.588. The van der Waals surface area contributed by atoms with Gasteiger partial charge in [-0.25, -0.2) is 0 Å². The number of phenols is 1. The summed E-state index contributed by atoms with van der Waals surface area (Å²) in [7, 11) is 0. The molecule has 1 aromatic carbocycles. The molecule has 4 nitrogen and oxygen atoms in total. The first-order valence-corrected chi connectivity index (χ1v) is 7.96. The van der Waals surface area contributed by atoms with Crippen molar-refractivity contribution in [3.8, 4) is 5.75 Å². The van der Waals surface area contributed by atoms with Gasteiger partial charge in [-0.15, -0.1) is 0 Å². The van der Waals surface area contributed by atoms with Crippen molar-refractivity contribution in [2.75, 3.05) is 6.54 Å². The number of hydrogen-bond acceptors (Lipinski definition) is 3. The van der Waals surface area contributed by atoms with Crippen molar-refractivity contribution in [3.05, 3.63) is 29.8 Å². The Morgan fingerprint density at radius 2 is 1.90 bits per heavy atom. The molecule has 1 aromatic rings. The second-order valence-corrected chi connectivity index (χ2v) is 6.06. The molecular weight excluding hydrogens is 264 g/mol. The molecule has 1 atom stereocenters. The Hall–Kier alpha value is -1.55. The Balaban J connectivity index is 1.68. The number of benzene rings is 1. The normalized spacial score (nSPS) is 17.4. The van der Waals surface area contributed by atoms with E-state index in [0.717, 1.165) is 24.4 Å². The van der Waals surface area contributed by atoms with Gasteiger partial charge in [-0.05, 0) is 36.5 Å². The zero-order valence-electron chi connectivity index (χ0n) is 12.6. The molecule has 0 spiro atoms. The van der Waals surface area contributed by atoms with Gasteiger partial charge in [0.15, 0.2) is 0 Å². The van der Waals surface area contributed by atoms with Crippen molar-refractivity contribution in [1.82, 2.24) is 5.32 Å². The van der Waals surface area contributed by atoms with Crippen LogP contribution in [0, 0.1) is 5.92 Å². The number of hydrogen-bond donors (Lipinski definition) is 3. The lowest BCUT2D eigenvalue weighted by atomic mass is 9.87. The molecule has 2 rings (SSSR count). The summed E-state index contributed by atoms with van der Waals surface area (Å²) in [6.07, 6.45) is 8.19. The van der Waals surface area contributed by atoms with Gasteiger partial charge >= 0.3 is 0 Å². The highest BCUT2D eigenvalue weighted by Gasteiger charge is 2.16. The number of aromatic hydroxyl groups is 1. The van der Waals surface area contributed by atoms with E-state index in [-0.39, 0.29) is 11.7 Å². The molecule has 4 N–H and O–H groups in total. The van der Waals surface area contributed by atoms with Gasteiger partial charge in [-0.2, -0.15) is 0 Å². The second kappa shape index (κ2) is 8.03. The Morgan fingerprint density at radius 3 is 2.57 bits per heavy atom. The summed E-state index contributed by atoms with van der Waals surface area (Å²) < 4.78 is 0. The maximum atomic E-state index is 12.0. The van der Waals surface area contributed by atoms with Crippen LogP contribution >= 0.6 is 0 Å². The van der Waals surface area contributed by atoms with Crippen LogP contribution in [-0.2, 0) is 11.2 Å². The number of nitrogens with one attached hydrogen (secondary N) is 1. The Kier molecular flexibility index (Phi) is 6.05. The molecule has 1 aliphatic rings. The minimum Gasteiger partial charge on any atom is -0.508 e. The van der Waals surface area contributed by atoms with E-state index in [1.54, 1.807) is 24.3 Å². The van der Waals surface area contributed by atoms with Gasteiger partial charge in [0.25, 0.3) is 0 Å². The summed E-state index contributed by atoms with van der Waals surface area (Å²) >= 11 is 0. The zero-order valence-corrected chi connectivity index (χ0v) is 12.6. The van der Waals surface area contributed by atoms with Crippen molar-refractivity contribution in [3.63, 3.8) is 0 Å². The molecule has 0 heterocycles. The lowest BCUT2D eigenvalue weighted by molar-refractivity contribution is -0.122. The first-order valence-electron chi connectivity index (χ1n) is 7.96. The lowest BCUT2D eigenvalue weighted by Gasteiger charge is -2.21. The first kappa shape index (κ1) is 15.8. The summed E-state index contributed by atoms with van der Waals surface area (Å²) in [5.74, 6) is 0.913. The van der Waals surface area contributed by atoms with Gasteiger partial charge in [-0.3, -0.25) is 4.79 Å². The first-order chi connectivity index (χ1) is 10.1. The molecule has 1 fully saturated rings. The topological polar surface area (TPSA) is 75.3 Å². The Bertz CT molecular complexity index is 439. The number of nitrogens with two attached hydrogens (primary N) is 1. The van der Waals surface area contributed by atoms with Gasteiger partial charge in [0, 0.05) is 6.54 Å². The van der Waals surface area contributed by atoms with E-state index in [1.165, 1.54) is 32.1 Å². The average Bonchev–Trinajstić information content (AvgIpc) is 2.50. The van der Waals surface area contributed by atoms with Gasteiger partial charge in [0.2, 0.25) is 5.91 Å². The summed E-state index contributed by atoms with van der Waals surface area (Å²) in [6.45, 7) is 0.729. The van der Waals surface area contributed by atoms with Gasteiger partial charge in [0.1, 0.15) is 5.75 Å². The molecule has 4 heteroatoms. The average molecular weight is 290 g/mol. The summed E-state index contributed by atoms with van der Waals surface area (Å²) in [6, 6.07) is 6.29. The molecular formula is C17H26N2O2. The van der Waals surface area contributed by atoms with Gasteiger partial charge in [-0.1, -0.05) is 44.2 Å². The van der Waals surface area contributed by atoms with Crippen molar-refractivity contribution in [2.24, 2.45) is 11.7 Å². The standard InChI is InChI=1S/C17H26N2O2/c18-16(12-14-6-8-15(20)9-7-14)17(21)19-11-10-13-4-2-1-3-5-13/h6-9,13,16,20H,1-5,10-12,18H2,(H,19,21)/t16-/m0/s1. The summed E-state index contributed by atoms with van der Waals surface area (Å²) in [4.78, 5) is 12.0. The van der Waals surface area contributed by atoms with Crippen LogP contribution in [0.1, 0.15) is 44.1 Å². The smallest absolute Gasteiger partial charge is 0.237 e. The van der Waals surface area contributed by atoms with Crippen LogP contribution in [0.2, 0.25) is 0 Å². The van der Waals surface area contributed by atoms with Crippen LogP contribution < -0.4 is 11.1 Å². The number of rotatable bonds is 6. The molecule has 0 unspecified atom stereocenters. The highest BCUT2D eigenvalue weighted by molar-refractivity contribution is 5.81. The third-order valence-corrected chi connectivity index (χ3v) is 4.31. The van der Waals surface area contributed by atoms with Crippen LogP contribution in [0.3, 0.4) is 0 Å². The largest absolute Gasteiger partial charge is 0.508 e. The van der Waals surface area contributed by atoms with Crippen LogP contribution in [0.4, 0.5) is 0 Å². The maximum Gasteiger partial charge on any atom is 0.237 e. The third-order valence-electron chi connectivity index (χ3n) is 4.31. The molecule has 21 heavy (non-hydrogen) atoms. The Labute approximate surface area is 126 Å². The van der Waals surface area contributed by atoms with Crippen molar-refractivity contribution < 1.29 is 9.90 Å². The highest BCUT2D eigenvalue weighted by Crippen LogP contribution is 2.25. The van der Waals surface area contributed by atoms with Crippen molar-refractivity contribution >= 4 is 5.91 Å². The van der Waals surface area contributed by atoms with Crippen LogP contribution in [-0.4, -0.2) is 23.6 Å². The maximum absolute atomic E-state index is 12.0. The third kappa shape index (κ3) is 5.38. The molecule has 0 bridgehead atoms. The summed E-state index contributed by atoms with van der Waals surface area (Å²) in [5, 5.41) is 12.2. The minimum atomic E-state index is -0.527. The number of carbonyl (C=O) groups is 1. The zero-order chi connectivity index (χ0) is 15.1. The molecule has 0 aliphatic heterocycles. The van der Waals surface area contributed by atoms with Crippen molar-refractivity contribution in [2.45, 2.75) is 51.0 Å². The fourth-order valence-electron chi connectivity index (χ4n) is 2.99. The van der Waals surface area contributed by atoms with E-state index < -0.39 is 6.04 Å². The molecule has 0 saturated heterocycles. The number of phenolic OH excluding ortho intramolecular Hbond substituents is 1. The SMILES string of the molecule is N[C@@H](Cc1ccc(O)cc1)C(=O)NCCC1CCCCC1. The molecule has 0 radical (unpaired) electrons. The van der Waals surface area contributed by atoms with Crippen LogP contribution in [0.25, 0.3) is 0 Å². The van der Waals surface area contributed by atoms with Crippen LogP contribution in [0.5, 0.6) is 5.75 Å². The van der Waals surface area contributed by atoms with Crippen LogP contribution in [0.15, 0.2) is 24.3 Å². The van der Waals surface area contributed by atoms with E-state index in [2.05, 4.69) is 5.32 Å². The predicted molar refractivity (Wildman–Crippen MR) is 84.0 cm³/mol. The van der Waals surface area contributed by atoms with Crippen molar-refractivity contribution in [1.29, 1.82) is 0 Å². The molecule has 0 aromatic heterocycles. The van der Waals surface area contributed by atoms with E-state index in [9.17, 15) is 9.90 Å². The predicted octanol–water partition coefficient (Wildman–Crippen LogP) is 2.35. The highest BCUT2D eigenvalue weighted by atomic mass is 16.3. The van der Waals surface area contributed by atoms with E-state index in [1.807, 2.05) is 0 Å². The summed E-state index contributed by atoms with van der Waals surface area (Å²) in [5.41, 5.74) is 6.89. The number of amides is 1. The molecule has 116 valence electrons. The molecule has 1 aliphatic carbocycles. The monoisotopic (exact) mass is 290 g/mol. The second-order valence-electron chi connectivity index (χ2n) is 6.06. The molecule has 1 saturated carbocycles. The lowest BCUT2D eigenvalue weighted by Crippen LogP contribution is -2.42. The number of carbonyl (C=O) groups excluding carboxylic acids is 1. The van der Waals surface area contributed by atoms with Gasteiger partial charge < -0.3 is 16.2 Å². The molecule has 1 amide bonds. The minimum absolute atomic E-state index is 0.0844. The van der Waals surface area contributed by atoms with E-state index >= 15 is 0 Å².